The Morgan fingerprint density at radius 2 is 1.69 bits per heavy atom. The first kappa shape index (κ1) is 22.9. The largest absolute Gasteiger partial charge is 0.396 e. The van der Waals surface area contributed by atoms with Gasteiger partial charge >= 0.3 is 0 Å². The van der Waals surface area contributed by atoms with Crippen LogP contribution < -0.4 is 10.0 Å². The summed E-state index contributed by atoms with van der Waals surface area (Å²) >= 11 is 0. The molecular formula is C22H30N2O4S. The van der Waals surface area contributed by atoms with Gasteiger partial charge in [0.05, 0.1) is 4.90 Å². The lowest BCUT2D eigenvalue weighted by molar-refractivity contribution is 0.0951. The maximum absolute atomic E-state index is 13.0. The molecule has 0 unspecified atom stereocenters. The van der Waals surface area contributed by atoms with Gasteiger partial charge in [0.2, 0.25) is 0 Å². The molecule has 6 nitrogen and oxygen atoms in total. The van der Waals surface area contributed by atoms with Crippen LogP contribution in [-0.4, -0.2) is 32.6 Å². The predicted octanol–water partition coefficient (Wildman–Crippen LogP) is 3.51. The van der Waals surface area contributed by atoms with E-state index in [0.717, 1.165) is 11.1 Å². The molecule has 0 fully saturated rings. The topological polar surface area (TPSA) is 95.5 Å². The summed E-state index contributed by atoms with van der Waals surface area (Å²) in [7, 11) is -3.78. The van der Waals surface area contributed by atoms with Crippen LogP contribution in [-0.2, 0) is 15.4 Å². The summed E-state index contributed by atoms with van der Waals surface area (Å²) in [5.74, 6) is -0.266. The maximum atomic E-state index is 13.0. The Balaban J connectivity index is 2.26. The van der Waals surface area contributed by atoms with Crippen molar-refractivity contribution < 1.29 is 18.3 Å². The van der Waals surface area contributed by atoms with Gasteiger partial charge in [0, 0.05) is 24.4 Å². The molecule has 2 aromatic carbocycles. The second-order valence-corrected chi connectivity index (χ2v) is 9.83. The van der Waals surface area contributed by atoms with Crippen LogP contribution >= 0.6 is 0 Å². The van der Waals surface area contributed by atoms with E-state index >= 15 is 0 Å². The van der Waals surface area contributed by atoms with E-state index in [2.05, 4.69) is 10.0 Å². The zero-order valence-electron chi connectivity index (χ0n) is 17.7. The molecule has 0 saturated heterocycles. The second kappa shape index (κ2) is 8.97. The summed E-state index contributed by atoms with van der Waals surface area (Å²) in [6.45, 7) is 10.2. The molecule has 29 heavy (non-hydrogen) atoms. The second-order valence-electron chi connectivity index (χ2n) is 8.18. The molecule has 7 heteroatoms. The molecule has 0 aromatic heterocycles. The van der Waals surface area contributed by atoms with Crippen molar-refractivity contribution in [2.75, 3.05) is 17.9 Å². The number of anilines is 1. The van der Waals surface area contributed by atoms with Crippen LogP contribution in [0, 0.1) is 13.8 Å². The van der Waals surface area contributed by atoms with E-state index < -0.39 is 10.0 Å². The number of aryl methyl sites for hydroxylation is 1. The smallest absolute Gasteiger partial charge is 0.262 e. The zero-order chi connectivity index (χ0) is 21.8. The fourth-order valence-electron chi connectivity index (χ4n) is 2.82. The number of aliphatic hydroxyl groups excluding tert-OH is 1. The highest BCUT2D eigenvalue weighted by atomic mass is 32.2. The summed E-state index contributed by atoms with van der Waals surface area (Å²) in [5.41, 5.74) is 3.23. The van der Waals surface area contributed by atoms with Crippen molar-refractivity contribution in [2.45, 2.75) is 51.3 Å². The molecular weight excluding hydrogens is 388 g/mol. The third-order valence-corrected chi connectivity index (χ3v) is 6.30. The minimum Gasteiger partial charge on any atom is -0.396 e. The van der Waals surface area contributed by atoms with Crippen molar-refractivity contribution >= 4 is 21.6 Å². The standard InChI is InChI=1S/C22H30N2O4S/c1-15-13-18(22(3,4)5)14-20(16(15)2)29(27,28)24-19-9-7-17(8-10-19)21(26)23-11-6-12-25/h7-10,13-14,24-25H,6,11-12H2,1-5H3,(H,23,26). The zero-order valence-corrected chi connectivity index (χ0v) is 18.5. The van der Waals surface area contributed by atoms with Crippen molar-refractivity contribution in [1.82, 2.24) is 5.32 Å². The van der Waals surface area contributed by atoms with E-state index in [1.165, 1.54) is 0 Å². The number of benzene rings is 2. The first-order valence-electron chi connectivity index (χ1n) is 9.59. The lowest BCUT2D eigenvalue weighted by Gasteiger charge is -2.22. The Kier molecular flexibility index (Phi) is 7.08. The molecule has 0 aliphatic heterocycles. The molecule has 2 rings (SSSR count). The SMILES string of the molecule is Cc1cc(C(C)(C)C)cc(S(=O)(=O)Nc2ccc(C(=O)NCCCO)cc2)c1C. The van der Waals surface area contributed by atoms with Crippen LogP contribution in [0.3, 0.4) is 0 Å². The van der Waals surface area contributed by atoms with Crippen molar-refractivity contribution in [3.8, 4) is 0 Å². The summed E-state index contributed by atoms with van der Waals surface area (Å²) < 4.78 is 28.7. The third kappa shape index (κ3) is 5.81. The number of rotatable bonds is 7. The fraction of sp³-hybridized carbons (Fsp3) is 0.409. The fourth-order valence-corrected chi connectivity index (χ4v) is 4.22. The van der Waals surface area contributed by atoms with Gasteiger partial charge in [-0.05, 0) is 72.7 Å². The minimum absolute atomic E-state index is 0.0102. The number of hydrogen-bond donors (Lipinski definition) is 3. The molecule has 3 N–H and O–H groups in total. The number of hydrogen-bond acceptors (Lipinski definition) is 4. The number of sulfonamides is 1. The highest BCUT2D eigenvalue weighted by Crippen LogP contribution is 2.30. The van der Waals surface area contributed by atoms with Crippen LogP contribution in [0.4, 0.5) is 5.69 Å². The number of amides is 1. The molecule has 0 bridgehead atoms. The summed E-state index contributed by atoms with van der Waals surface area (Å²) in [6.07, 6.45) is 0.482. The predicted molar refractivity (Wildman–Crippen MR) is 116 cm³/mol. The van der Waals surface area contributed by atoms with Gasteiger partial charge < -0.3 is 10.4 Å². The lowest BCUT2D eigenvalue weighted by Crippen LogP contribution is -2.25. The van der Waals surface area contributed by atoms with Crippen molar-refractivity contribution in [2.24, 2.45) is 0 Å². The van der Waals surface area contributed by atoms with E-state index in [0.29, 0.717) is 29.8 Å². The highest BCUT2D eigenvalue weighted by Gasteiger charge is 2.23. The van der Waals surface area contributed by atoms with Gasteiger partial charge in [-0.3, -0.25) is 9.52 Å². The molecule has 2 aromatic rings. The van der Waals surface area contributed by atoms with E-state index in [4.69, 9.17) is 5.11 Å². The van der Waals surface area contributed by atoms with Crippen LogP contribution in [0.15, 0.2) is 41.3 Å². The monoisotopic (exact) mass is 418 g/mol. The van der Waals surface area contributed by atoms with Crippen LogP contribution in [0.2, 0.25) is 0 Å². The van der Waals surface area contributed by atoms with Gasteiger partial charge in [-0.1, -0.05) is 26.8 Å². The summed E-state index contributed by atoms with van der Waals surface area (Å²) in [6, 6.07) is 10.0. The molecule has 0 spiro atoms. The van der Waals surface area contributed by atoms with Crippen molar-refractivity contribution in [1.29, 1.82) is 0 Å². The minimum atomic E-state index is -3.78. The van der Waals surface area contributed by atoms with Crippen LogP contribution in [0.1, 0.15) is 54.2 Å². The molecule has 0 radical (unpaired) electrons. The first-order valence-corrected chi connectivity index (χ1v) is 11.1. The lowest BCUT2D eigenvalue weighted by atomic mass is 9.85. The van der Waals surface area contributed by atoms with Gasteiger partial charge in [0.25, 0.3) is 15.9 Å². The Labute approximate surface area is 173 Å². The molecule has 0 aliphatic rings. The van der Waals surface area contributed by atoms with E-state index in [-0.39, 0.29) is 22.8 Å². The normalized spacial score (nSPS) is 11.9. The summed E-state index contributed by atoms with van der Waals surface area (Å²) in [4.78, 5) is 12.3. The average Bonchev–Trinajstić information content (AvgIpc) is 2.63. The molecule has 158 valence electrons. The van der Waals surface area contributed by atoms with Gasteiger partial charge in [-0.2, -0.15) is 0 Å². The van der Waals surface area contributed by atoms with Gasteiger partial charge in [0.1, 0.15) is 0 Å². The van der Waals surface area contributed by atoms with Gasteiger partial charge in [0.15, 0.2) is 0 Å². The number of carbonyl (C=O) groups excluding carboxylic acids is 1. The Hall–Kier alpha value is -2.38. The van der Waals surface area contributed by atoms with Crippen LogP contribution in [0.25, 0.3) is 0 Å². The van der Waals surface area contributed by atoms with Crippen molar-refractivity contribution in [3.63, 3.8) is 0 Å². The number of nitrogens with one attached hydrogen (secondary N) is 2. The van der Waals surface area contributed by atoms with Crippen LogP contribution in [0.5, 0.6) is 0 Å². The van der Waals surface area contributed by atoms with Gasteiger partial charge in [-0.25, -0.2) is 8.42 Å². The molecule has 0 heterocycles. The molecule has 0 atom stereocenters. The Morgan fingerprint density at radius 1 is 1.07 bits per heavy atom. The average molecular weight is 419 g/mol. The van der Waals surface area contributed by atoms with Gasteiger partial charge in [-0.15, -0.1) is 0 Å². The van der Waals surface area contributed by atoms with E-state index in [1.807, 2.05) is 33.8 Å². The quantitative estimate of drug-likeness (QED) is 0.600. The van der Waals surface area contributed by atoms with Crippen molar-refractivity contribution in [3.05, 3.63) is 58.7 Å². The maximum Gasteiger partial charge on any atom is 0.262 e. The highest BCUT2D eigenvalue weighted by molar-refractivity contribution is 7.92. The Bertz CT molecular complexity index is 975. The third-order valence-electron chi connectivity index (χ3n) is 4.80. The first-order chi connectivity index (χ1) is 13.5. The molecule has 0 aliphatic carbocycles. The number of aliphatic hydroxyl groups is 1. The van der Waals surface area contributed by atoms with E-state index in [1.54, 1.807) is 37.3 Å². The molecule has 0 saturated carbocycles. The Morgan fingerprint density at radius 3 is 2.24 bits per heavy atom. The van der Waals surface area contributed by atoms with E-state index in [9.17, 15) is 13.2 Å². The summed E-state index contributed by atoms with van der Waals surface area (Å²) in [5, 5.41) is 11.5. The molecule has 1 amide bonds. The number of carbonyl (C=O) groups is 1.